The van der Waals surface area contributed by atoms with Crippen LogP contribution in [0.3, 0.4) is 0 Å². The Kier molecular flexibility index (Phi) is 6.05. The lowest BCUT2D eigenvalue weighted by Crippen LogP contribution is -2.48. The van der Waals surface area contributed by atoms with Crippen LogP contribution in [0.5, 0.6) is 0 Å². The first-order chi connectivity index (χ1) is 8.40. The van der Waals surface area contributed by atoms with Gasteiger partial charge in [0, 0.05) is 19.6 Å². The van der Waals surface area contributed by atoms with Crippen molar-refractivity contribution in [2.24, 2.45) is 0 Å². The van der Waals surface area contributed by atoms with E-state index in [0.717, 1.165) is 26.2 Å². The highest BCUT2D eigenvalue weighted by Gasteiger charge is 2.20. The molecule has 0 radical (unpaired) electrons. The number of carbonyl (C=O) groups excluding carboxylic acids is 1. The minimum atomic E-state index is -0.280. The maximum atomic E-state index is 11.6. The van der Waals surface area contributed by atoms with Gasteiger partial charge in [-0.3, -0.25) is 9.69 Å². The van der Waals surface area contributed by atoms with E-state index in [-0.39, 0.29) is 24.2 Å². The fourth-order valence-corrected chi connectivity index (χ4v) is 1.75. The zero-order valence-electron chi connectivity index (χ0n) is 12.0. The molecule has 1 saturated heterocycles. The maximum absolute atomic E-state index is 11.6. The predicted molar refractivity (Wildman–Crippen MR) is 70.6 cm³/mol. The number of morpholine rings is 1. The second kappa shape index (κ2) is 7.07. The molecule has 5 nitrogen and oxygen atoms in total. The van der Waals surface area contributed by atoms with E-state index in [1.54, 1.807) is 0 Å². The van der Waals surface area contributed by atoms with Gasteiger partial charge in [-0.05, 0) is 27.3 Å². The predicted octanol–water partition coefficient (Wildman–Crippen LogP) is 0.638. The molecule has 1 heterocycles. The van der Waals surface area contributed by atoms with Crippen molar-refractivity contribution in [2.75, 3.05) is 39.4 Å². The number of carbonyl (C=O) groups is 1. The van der Waals surface area contributed by atoms with Gasteiger partial charge < -0.3 is 14.8 Å². The summed E-state index contributed by atoms with van der Waals surface area (Å²) in [6, 6.07) is 0. The highest BCUT2D eigenvalue weighted by Crippen LogP contribution is 2.06. The van der Waals surface area contributed by atoms with Crippen LogP contribution in [-0.4, -0.2) is 61.9 Å². The van der Waals surface area contributed by atoms with Crippen molar-refractivity contribution in [3.05, 3.63) is 0 Å². The summed E-state index contributed by atoms with van der Waals surface area (Å²) >= 11 is 0. The van der Waals surface area contributed by atoms with Gasteiger partial charge in [-0.2, -0.15) is 0 Å². The summed E-state index contributed by atoms with van der Waals surface area (Å²) < 4.78 is 11.0. The van der Waals surface area contributed by atoms with Crippen molar-refractivity contribution >= 4 is 5.91 Å². The van der Waals surface area contributed by atoms with E-state index in [4.69, 9.17) is 9.47 Å². The lowest BCUT2D eigenvalue weighted by atomic mass is 10.2. The zero-order chi connectivity index (χ0) is 13.6. The van der Waals surface area contributed by atoms with E-state index in [0.29, 0.717) is 6.54 Å². The van der Waals surface area contributed by atoms with Crippen LogP contribution in [0, 0.1) is 0 Å². The maximum Gasteiger partial charge on any atom is 0.246 e. The molecule has 1 atom stereocenters. The first-order valence-corrected chi connectivity index (χ1v) is 6.65. The van der Waals surface area contributed by atoms with Crippen molar-refractivity contribution in [2.45, 2.75) is 39.4 Å². The third-order valence-electron chi connectivity index (χ3n) is 2.83. The minimum absolute atomic E-state index is 0.0813. The molecule has 1 rings (SSSR count). The van der Waals surface area contributed by atoms with Gasteiger partial charge in [0.25, 0.3) is 0 Å². The van der Waals surface area contributed by atoms with Gasteiger partial charge in [0.15, 0.2) is 0 Å². The van der Waals surface area contributed by atoms with Crippen molar-refractivity contribution < 1.29 is 14.3 Å². The average Bonchev–Trinajstić information content (AvgIpc) is 2.33. The van der Waals surface area contributed by atoms with Crippen LogP contribution < -0.4 is 5.32 Å². The summed E-state index contributed by atoms with van der Waals surface area (Å²) in [6.07, 6.45) is 0.0947. The van der Waals surface area contributed by atoms with Gasteiger partial charge in [0.1, 0.15) is 6.61 Å². The van der Waals surface area contributed by atoms with E-state index >= 15 is 0 Å². The molecule has 18 heavy (non-hydrogen) atoms. The molecule has 0 saturated carbocycles. The minimum Gasteiger partial charge on any atom is -0.374 e. The van der Waals surface area contributed by atoms with Crippen molar-refractivity contribution in [3.8, 4) is 0 Å². The molecular weight excluding hydrogens is 232 g/mol. The Morgan fingerprint density at radius 1 is 1.50 bits per heavy atom. The number of hydrogen-bond donors (Lipinski definition) is 1. The Morgan fingerprint density at radius 3 is 2.83 bits per heavy atom. The van der Waals surface area contributed by atoms with Crippen LogP contribution >= 0.6 is 0 Å². The molecule has 0 aromatic rings. The van der Waals surface area contributed by atoms with Gasteiger partial charge >= 0.3 is 0 Å². The van der Waals surface area contributed by atoms with Crippen LogP contribution in [0.1, 0.15) is 27.7 Å². The Labute approximate surface area is 110 Å². The monoisotopic (exact) mass is 258 g/mol. The molecule has 0 spiro atoms. The highest BCUT2D eigenvalue weighted by atomic mass is 16.5. The fourth-order valence-electron chi connectivity index (χ4n) is 1.75. The molecule has 1 amide bonds. The molecule has 0 aromatic heterocycles. The van der Waals surface area contributed by atoms with E-state index < -0.39 is 0 Å². The SMILES string of the molecule is CCN1CCOC(CNC(=O)COC(C)(C)C)C1. The first kappa shape index (κ1) is 15.4. The molecule has 0 aliphatic carbocycles. The van der Waals surface area contributed by atoms with Crippen molar-refractivity contribution in [3.63, 3.8) is 0 Å². The fraction of sp³-hybridized carbons (Fsp3) is 0.923. The normalized spacial score (nSPS) is 21.9. The van der Waals surface area contributed by atoms with Gasteiger partial charge in [0.2, 0.25) is 5.91 Å². The summed E-state index contributed by atoms with van der Waals surface area (Å²) in [4.78, 5) is 13.9. The lowest BCUT2D eigenvalue weighted by molar-refractivity contribution is -0.131. The third kappa shape index (κ3) is 6.33. The standard InChI is InChI=1S/C13H26N2O3/c1-5-15-6-7-17-11(9-15)8-14-12(16)10-18-13(2,3)4/h11H,5-10H2,1-4H3,(H,14,16). The largest absolute Gasteiger partial charge is 0.374 e. The Balaban J connectivity index is 2.18. The third-order valence-corrected chi connectivity index (χ3v) is 2.83. The zero-order valence-corrected chi connectivity index (χ0v) is 12.0. The molecule has 1 aliphatic rings. The molecule has 1 N–H and O–H groups in total. The number of ether oxygens (including phenoxy) is 2. The topological polar surface area (TPSA) is 50.8 Å². The molecule has 0 aromatic carbocycles. The second-order valence-corrected chi connectivity index (χ2v) is 5.59. The average molecular weight is 258 g/mol. The smallest absolute Gasteiger partial charge is 0.246 e. The van der Waals surface area contributed by atoms with Crippen LogP contribution in [0.15, 0.2) is 0 Å². The number of nitrogens with one attached hydrogen (secondary N) is 1. The van der Waals surface area contributed by atoms with E-state index in [1.807, 2.05) is 20.8 Å². The molecular formula is C13H26N2O3. The molecule has 5 heteroatoms. The van der Waals surface area contributed by atoms with Gasteiger partial charge in [-0.1, -0.05) is 6.92 Å². The number of amides is 1. The summed E-state index contributed by atoms with van der Waals surface area (Å²) in [5.41, 5.74) is -0.280. The summed E-state index contributed by atoms with van der Waals surface area (Å²) in [7, 11) is 0. The molecule has 106 valence electrons. The number of nitrogens with zero attached hydrogens (tertiary/aromatic N) is 1. The Morgan fingerprint density at radius 2 is 2.22 bits per heavy atom. The lowest BCUT2D eigenvalue weighted by Gasteiger charge is -2.32. The quantitative estimate of drug-likeness (QED) is 0.786. The molecule has 0 bridgehead atoms. The van der Waals surface area contributed by atoms with Crippen LogP contribution in [-0.2, 0) is 14.3 Å². The molecule has 1 unspecified atom stereocenters. The Hall–Kier alpha value is -0.650. The van der Waals surface area contributed by atoms with Crippen molar-refractivity contribution in [1.82, 2.24) is 10.2 Å². The van der Waals surface area contributed by atoms with Gasteiger partial charge in [-0.25, -0.2) is 0 Å². The van der Waals surface area contributed by atoms with Crippen LogP contribution in [0.4, 0.5) is 0 Å². The van der Waals surface area contributed by atoms with Crippen LogP contribution in [0.25, 0.3) is 0 Å². The van der Waals surface area contributed by atoms with E-state index in [2.05, 4.69) is 17.1 Å². The molecule has 1 fully saturated rings. The van der Waals surface area contributed by atoms with E-state index in [1.165, 1.54) is 0 Å². The number of likely N-dealkylation sites (N-methyl/N-ethyl adjacent to an activating group) is 1. The second-order valence-electron chi connectivity index (χ2n) is 5.59. The van der Waals surface area contributed by atoms with E-state index in [9.17, 15) is 4.79 Å². The number of hydrogen-bond acceptors (Lipinski definition) is 4. The number of rotatable bonds is 5. The summed E-state index contributed by atoms with van der Waals surface area (Å²) in [5.74, 6) is -0.0813. The first-order valence-electron chi connectivity index (χ1n) is 6.65. The van der Waals surface area contributed by atoms with Crippen molar-refractivity contribution in [1.29, 1.82) is 0 Å². The Bertz CT molecular complexity index is 263. The molecule has 1 aliphatic heterocycles. The van der Waals surface area contributed by atoms with Gasteiger partial charge in [0.05, 0.1) is 18.3 Å². The summed E-state index contributed by atoms with van der Waals surface area (Å²) in [6.45, 7) is 12.2. The van der Waals surface area contributed by atoms with Crippen LogP contribution in [0.2, 0.25) is 0 Å². The van der Waals surface area contributed by atoms with Gasteiger partial charge in [-0.15, -0.1) is 0 Å². The highest BCUT2D eigenvalue weighted by molar-refractivity contribution is 5.77. The summed E-state index contributed by atoms with van der Waals surface area (Å²) in [5, 5.41) is 2.85.